The van der Waals surface area contributed by atoms with Crippen molar-refractivity contribution in [3.05, 3.63) is 64.9 Å². The highest BCUT2D eigenvalue weighted by molar-refractivity contribution is 7.19. The summed E-state index contributed by atoms with van der Waals surface area (Å²) in [5, 5.41) is 19.5. The Kier molecular flexibility index (Phi) is 3.51. The van der Waals surface area contributed by atoms with Gasteiger partial charge in [-0.1, -0.05) is 12.1 Å². The Balaban J connectivity index is 1.68. The van der Waals surface area contributed by atoms with Crippen molar-refractivity contribution in [2.45, 2.75) is 0 Å². The van der Waals surface area contributed by atoms with Crippen LogP contribution in [0, 0.1) is 5.41 Å². The number of hydrogen-bond donors (Lipinski definition) is 3. The van der Waals surface area contributed by atoms with Crippen LogP contribution in [-0.4, -0.2) is 28.4 Å². The van der Waals surface area contributed by atoms with Gasteiger partial charge in [-0.15, -0.1) is 11.3 Å². The zero-order valence-corrected chi connectivity index (χ0v) is 13.9. The molecular weight excluding hydrogens is 336 g/mol. The summed E-state index contributed by atoms with van der Waals surface area (Å²) in [6, 6.07) is 14.4. The number of rotatable bonds is 3. The normalized spacial score (nSPS) is 14.6. The molecule has 1 aliphatic rings. The molecule has 0 atom stereocenters. The number of para-hydroxylation sites is 1. The second kappa shape index (κ2) is 5.71. The van der Waals surface area contributed by atoms with E-state index in [0.717, 1.165) is 10.2 Å². The van der Waals surface area contributed by atoms with E-state index < -0.39 is 5.91 Å². The minimum absolute atomic E-state index is 0.114. The van der Waals surface area contributed by atoms with Gasteiger partial charge in [0, 0.05) is 11.3 Å². The molecule has 0 bridgehead atoms. The average Bonchev–Trinajstić information content (AvgIpc) is 3.15. The number of amides is 1. The smallest absolute Gasteiger partial charge is 0.248 e. The van der Waals surface area contributed by atoms with Crippen molar-refractivity contribution in [2.75, 3.05) is 11.4 Å². The first kappa shape index (κ1) is 15.3. The molecular formula is C18H14N4O2S. The van der Waals surface area contributed by atoms with Gasteiger partial charge in [-0.3, -0.25) is 10.2 Å². The van der Waals surface area contributed by atoms with Gasteiger partial charge in [0.25, 0.3) is 0 Å². The van der Waals surface area contributed by atoms with Gasteiger partial charge < -0.3 is 15.7 Å². The molecule has 0 unspecified atom stereocenters. The lowest BCUT2D eigenvalue weighted by atomic mass is 10.2. The Hall–Kier alpha value is -3.19. The molecule has 0 saturated carbocycles. The molecule has 7 heteroatoms. The number of aliphatic hydroxyl groups excluding tert-OH is 1. The van der Waals surface area contributed by atoms with Crippen molar-refractivity contribution >= 4 is 44.6 Å². The lowest BCUT2D eigenvalue weighted by molar-refractivity contribution is 0.100. The van der Waals surface area contributed by atoms with Gasteiger partial charge in [-0.2, -0.15) is 0 Å². The minimum Gasteiger partial charge on any atom is -0.510 e. The SMILES string of the molecule is N=C1C(c2nc3ccccc3s2)=C(O)CN1c1ccc(C(N)=O)cc1. The number of primary amides is 1. The molecule has 25 heavy (non-hydrogen) atoms. The van der Waals surface area contributed by atoms with Gasteiger partial charge in [0.15, 0.2) is 0 Å². The third kappa shape index (κ3) is 2.54. The number of nitrogens with zero attached hydrogens (tertiary/aromatic N) is 2. The van der Waals surface area contributed by atoms with Crippen LogP contribution in [0.1, 0.15) is 15.4 Å². The number of amidine groups is 1. The first-order valence-corrected chi connectivity index (χ1v) is 8.40. The lowest BCUT2D eigenvalue weighted by Crippen LogP contribution is -2.26. The van der Waals surface area contributed by atoms with E-state index >= 15 is 0 Å². The maximum Gasteiger partial charge on any atom is 0.248 e. The number of carbonyl (C=O) groups excluding carboxylic acids is 1. The third-order valence-electron chi connectivity index (χ3n) is 4.07. The van der Waals surface area contributed by atoms with Crippen molar-refractivity contribution in [3.63, 3.8) is 0 Å². The molecule has 0 fully saturated rings. The van der Waals surface area contributed by atoms with E-state index in [1.807, 2.05) is 24.3 Å². The van der Waals surface area contributed by atoms with Crippen LogP contribution < -0.4 is 10.6 Å². The first-order valence-electron chi connectivity index (χ1n) is 7.59. The van der Waals surface area contributed by atoms with E-state index in [1.165, 1.54) is 11.3 Å². The second-order valence-corrected chi connectivity index (χ2v) is 6.68. The number of hydrogen-bond acceptors (Lipinski definition) is 5. The molecule has 6 nitrogen and oxygen atoms in total. The van der Waals surface area contributed by atoms with Crippen molar-refractivity contribution in [2.24, 2.45) is 5.73 Å². The summed E-state index contributed by atoms with van der Waals surface area (Å²) in [7, 11) is 0. The van der Waals surface area contributed by atoms with Crippen LogP contribution in [0.3, 0.4) is 0 Å². The highest BCUT2D eigenvalue weighted by Gasteiger charge is 2.31. The van der Waals surface area contributed by atoms with Crippen LogP contribution in [0.25, 0.3) is 15.8 Å². The van der Waals surface area contributed by atoms with E-state index in [1.54, 1.807) is 29.2 Å². The van der Waals surface area contributed by atoms with E-state index in [-0.39, 0.29) is 18.1 Å². The number of nitrogens with two attached hydrogens (primary N) is 1. The predicted molar refractivity (Wildman–Crippen MR) is 99.2 cm³/mol. The minimum atomic E-state index is -0.501. The molecule has 0 spiro atoms. The number of nitrogens with one attached hydrogen (secondary N) is 1. The van der Waals surface area contributed by atoms with Crippen LogP contribution in [0.4, 0.5) is 5.69 Å². The summed E-state index contributed by atoms with van der Waals surface area (Å²) in [6.07, 6.45) is 0. The number of fused-ring (bicyclic) bond motifs is 1. The number of aliphatic hydroxyl groups is 1. The van der Waals surface area contributed by atoms with Gasteiger partial charge in [-0.05, 0) is 36.4 Å². The largest absolute Gasteiger partial charge is 0.510 e. The van der Waals surface area contributed by atoms with Gasteiger partial charge in [-0.25, -0.2) is 4.98 Å². The average molecular weight is 350 g/mol. The summed E-state index contributed by atoms with van der Waals surface area (Å²) in [4.78, 5) is 17.4. The Labute approximate surface area is 147 Å². The molecule has 4 N–H and O–H groups in total. The predicted octanol–water partition coefficient (Wildman–Crippen LogP) is 3.16. The summed E-state index contributed by atoms with van der Waals surface area (Å²) < 4.78 is 1.01. The summed E-state index contributed by atoms with van der Waals surface area (Å²) in [6.45, 7) is 0.194. The number of thiazole rings is 1. The van der Waals surface area contributed by atoms with Crippen LogP contribution in [0.5, 0.6) is 0 Å². The topological polar surface area (TPSA) is 103 Å². The zero-order chi connectivity index (χ0) is 17.6. The molecule has 0 aliphatic carbocycles. The fraction of sp³-hybridized carbons (Fsp3) is 0.0556. The fourth-order valence-electron chi connectivity index (χ4n) is 2.81. The highest BCUT2D eigenvalue weighted by atomic mass is 32.1. The van der Waals surface area contributed by atoms with E-state index in [2.05, 4.69) is 4.98 Å². The first-order chi connectivity index (χ1) is 12.0. The van der Waals surface area contributed by atoms with Gasteiger partial charge in [0.05, 0.1) is 22.3 Å². The summed E-state index contributed by atoms with van der Waals surface area (Å²) in [5.74, 6) is -0.203. The van der Waals surface area contributed by atoms with Crippen LogP contribution in [0.15, 0.2) is 54.3 Å². The lowest BCUT2D eigenvalue weighted by Gasteiger charge is -2.18. The Morgan fingerprint density at radius 3 is 2.60 bits per heavy atom. The van der Waals surface area contributed by atoms with Crippen molar-refractivity contribution in [1.29, 1.82) is 5.41 Å². The quantitative estimate of drug-likeness (QED) is 0.675. The molecule has 0 radical (unpaired) electrons. The Bertz CT molecular complexity index is 1000. The second-order valence-electron chi connectivity index (χ2n) is 5.65. The molecule has 4 rings (SSSR count). The van der Waals surface area contributed by atoms with E-state index in [0.29, 0.717) is 21.8 Å². The zero-order valence-electron chi connectivity index (χ0n) is 13.1. The molecule has 0 saturated heterocycles. The maximum atomic E-state index is 11.2. The maximum absolute atomic E-state index is 11.2. The van der Waals surface area contributed by atoms with Gasteiger partial charge in [0.1, 0.15) is 16.6 Å². The number of anilines is 1. The molecule has 3 aromatic rings. The monoisotopic (exact) mass is 350 g/mol. The van der Waals surface area contributed by atoms with Gasteiger partial charge in [0.2, 0.25) is 5.91 Å². The third-order valence-corrected chi connectivity index (χ3v) is 5.13. The molecule has 1 aromatic heterocycles. The highest BCUT2D eigenvalue weighted by Crippen LogP contribution is 2.35. The van der Waals surface area contributed by atoms with Crippen LogP contribution >= 0.6 is 11.3 Å². The number of benzene rings is 2. The van der Waals surface area contributed by atoms with Gasteiger partial charge >= 0.3 is 0 Å². The Morgan fingerprint density at radius 1 is 1.20 bits per heavy atom. The van der Waals surface area contributed by atoms with Crippen molar-refractivity contribution in [3.8, 4) is 0 Å². The molecule has 1 aliphatic heterocycles. The van der Waals surface area contributed by atoms with Crippen molar-refractivity contribution < 1.29 is 9.90 Å². The molecule has 124 valence electrons. The summed E-state index contributed by atoms with van der Waals surface area (Å²) >= 11 is 1.45. The Morgan fingerprint density at radius 2 is 1.92 bits per heavy atom. The fourth-order valence-corrected chi connectivity index (χ4v) is 3.84. The van der Waals surface area contributed by atoms with Crippen molar-refractivity contribution in [1.82, 2.24) is 4.98 Å². The van der Waals surface area contributed by atoms with Crippen LogP contribution in [0.2, 0.25) is 0 Å². The van der Waals surface area contributed by atoms with E-state index in [4.69, 9.17) is 11.1 Å². The van der Waals surface area contributed by atoms with Crippen LogP contribution in [-0.2, 0) is 0 Å². The number of aromatic nitrogens is 1. The molecule has 1 amide bonds. The molecule has 2 heterocycles. The number of carbonyl (C=O) groups is 1. The van der Waals surface area contributed by atoms with E-state index in [9.17, 15) is 9.90 Å². The summed E-state index contributed by atoms with van der Waals surface area (Å²) in [5.41, 5.74) is 7.65. The molecule has 2 aromatic carbocycles. The standard InChI is InChI=1S/C18H14N4O2S/c19-16-15(18-21-12-3-1-2-4-14(12)25-18)13(23)9-22(16)11-7-5-10(6-8-11)17(20)24/h1-8,19,23H,9H2,(H2,20,24).